The fraction of sp³-hybridized carbons (Fsp3) is 0.769. The van der Waals surface area contributed by atoms with E-state index >= 15 is 0 Å². The van der Waals surface area contributed by atoms with E-state index in [2.05, 4.69) is 28.3 Å². The van der Waals surface area contributed by atoms with Gasteiger partial charge in [0.2, 0.25) is 0 Å². The van der Waals surface area contributed by atoms with Crippen molar-refractivity contribution in [3.05, 3.63) is 0 Å². The standard InChI is InChI=1S/C13H24N4OS/c1-4-18-11-12(14)15-19-13(11)17(3)9-10-5-7-16(2)8-6-10/h10H,4-9H2,1-3H3,(H2,14,15). The number of hydrogen-bond donors (Lipinski definition) is 1. The van der Waals surface area contributed by atoms with Crippen molar-refractivity contribution < 1.29 is 4.74 Å². The van der Waals surface area contributed by atoms with Gasteiger partial charge in [-0.2, -0.15) is 4.37 Å². The van der Waals surface area contributed by atoms with Crippen LogP contribution in [0.15, 0.2) is 0 Å². The number of likely N-dealkylation sites (tertiary alicyclic amines) is 1. The van der Waals surface area contributed by atoms with Crippen LogP contribution in [0.3, 0.4) is 0 Å². The zero-order valence-electron chi connectivity index (χ0n) is 12.1. The van der Waals surface area contributed by atoms with E-state index in [1.807, 2.05) is 6.92 Å². The highest BCUT2D eigenvalue weighted by Crippen LogP contribution is 2.38. The molecule has 1 aromatic rings. The highest BCUT2D eigenvalue weighted by atomic mass is 32.1. The van der Waals surface area contributed by atoms with Gasteiger partial charge in [-0.1, -0.05) is 0 Å². The van der Waals surface area contributed by atoms with Crippen molar-refractivity contribution in [2.45, 2.75) is 19.8 Å². The van der Waals surface area contributed by atoms with Crippen LogP contribution in [-0.2, 0) is 0 Å². The summed E-state index contributed by atoms with van der Waals surface area (Å²) < 4.78 is 9.81. The van der Waals surface area contributed by atoms with Gasteiger partial charge in [0, 0.05) is 13.6 Å². The van der Waals surface area contributed by atoms with Crippen LogP contribution in [0, 0.1) is 5.92 Å². The minimum atomic E-state index is 0.511. The lowest BCUT2D eigenvalue weighted by molar-refractivity contribution is 0.222. The van der Waals surface area contributed by atoms with E-state index < -0.39 is 0 Å². The van der Waals surface area contributed by atoms with Gasteiger partial charge in [-0.05, 0) is 57.4 Å². The van der Waals surface area contributed by atoms with Crippen molar-refractivity contribution in [2.24, 2.45) is 5.92 Å². The van der Waals surface area contributed by atoms with Crippen LogP contribution in [0.2, 0.25) is 0 Å². The first-order valence-corrected chi connectivity index (χ1v) is 7.66. The van der Waals surface area contributed by atoms with Crippen molar-refractivity contribution in [1.82, 2.24) is 9.27 Å². The molecule has 6 heteroatoms. The fourth-order valence-electron chi connectivity index (χ4n) is 2.52. The molecule has 2 rings (SSSR count). The van der Waals surface area contributed by atoms with Crippen LogP contribution in [0.1, 0.15) is 19.8 Å². The van der Waals surface area contributed by atoms with Gasteiger partial charge in [-0.25, -0.2) is 0 Å². The first-order valence-electron chi connectivity index (χ1n) is 6.89. The minimum Gasteiger partial charge on any atom is -0.487 e. The van der Waals surface area contributed by atoms with Crippen LogP contribution < -0.4 is 15.4 Å². The number of anilines is 2. The van der Waals surface area contributed by atoms with Gasteiger partial charge < -0.3 is 20.3 Å². The molecule has 19 heavy (non-hydrogen) atoms. The molecule has 5 nitrogen and oxygen atoms in total. The molecule has 0 radical (unpaired) electrons. The molecule has 1 fully saturated rings. The number of nitrogens with zero attached hydrogens (tertiary/aromatic N) is 3. The Kier molecular flexibility index (Phi) is 4.87. The van der Waals surface area contributed by atoms with Gasteiger partial charge in [0.15, 0.2) is 16.6 Å². The molecule has 0 bridgehead atoms. The van der Waals surface area contributed by atoms with Gasteiger partial charge in [0.05, 0.1) is 6.61 Å². The summed E-state index contributed by atoms with van der Waals surface area (Å²) in [7, 11) is 4.30. The van der Waals surface area contributed by atoms with E-state index in [0.717, 1.165) is 23.2 Å². The van der Waals surface area contributed by atoms with Crippen LogP contribution in [0.4, 0.5) is 10.8 Å². The monoisotopic (exact) mass is 284 g/mol. The van der Waals surface area contributed by atoms with Crippen molar-refractivity contribution >= 4 is 22.4 Å². The maximum atomic E-state index is 5.86. The molecule has 1 saturated heterocycles. The maximum Gasteiger partial charge on any atom is 0.197 e. The lowest BCUT2D eigenvalue weighted by Crippen LogP contribution is -2.35. The molecule has 2 N–H and O–H groups in total. The second-order valence-electron chi connectivity index (χ2n) is 5.26. The third kappa shape index (κ3) is 3.51. The summed E-state index contributed by atoms with van der Waals surface area (Å²) in [5.74, 6) is 2.01. The summed E-state index contributed by atoms with van der Waals surface area (Å²) >= 11 is 1.43. The normalized spacial score (nSPS) is 17.6. The van der Waals surface area contributed by atoms with E-state index in [-0.39, 0.29) is 0 Å². The Morgan fingerprint density at radius 1 is 1.47 bits per heavy atom. The summed E-state index contributed by atoms with van der Waals surface area (Å²) in [5.41, 5.74) is 5.86. The summed E-state index contributed by atoms with van der Waals surface area (Å²) in [6.45, 7) is 6.04. The van der Waals surface area contributed by atoms with E-state index in [9.17, 15) is 0 Å². The average molecular weight is 284 g/mol. The second kappa shape index (κ2) is 6.43. The molecule has 0 saturated carbocycles. The molecule has 1 aromatic heterocycles. The third-order valence-electron chi connectivity index (χ3n) is 3.66. The molecular formula is C13H24N4OS. The Morgan fingerprint density at radius 2 is 2.16 bits per heavy atom. The second-order valence-corrected chi connectivity index (χ2v) is 6.01. The summed E-state index contributed by atoms with van der Waals surface area (Å²) in [4.78, 5) is 4.64. The molecular weight excluding hydrogens is 260 g/mol. The fourth-order valence-corrected chi connectivity index (χ4v) is 3.25. The predicted molar refractivity (Wildman–Crippen MR) is 81.2 cm³/mol. The zero-order chi connectivity index (χ0) is 13.8. The summed E-state index contributed by atoms with van der Waals surface area (Å²) in [6, 6.07) is 0. The van der Waals surface area contributed by atoms with Gasteiger partial charge in [-0.3, -0.25) is 0 Å². The molecule has 2 heterocycles. The number of piperidine rings is 1. The van der Waals surface area contributed by atoms with Crippen LogP contribution in [0.25, 0.3) is 0 Å². The molecule has 1 aliphatic rings. The lowest BCUT2D eigenvalue weighted by Gasteiger charge is -2.32. The zero-order valence-corrected chi connectivity index (χ0v) is 12.9. The number of nitrogens with two attached hydrogens (primary N) is 1. The molecule has 0 unspecified atom stereocenters. The summed E-state index contributed by atoms with van der Waals surface area (Å²) in [5, 5.41) is 1.05. The quantitative estimate of drug-likeness (QED) is 0.895. The molecule has 0 atom stereocenters. The van der Waals surface area contributed by atoms with E-state index in [1.165, 1.54) is 37.5 Å². The number of aromatic nitrogens is 1. The number of nitrogen functional groups attached to an aromatic ring is 1. The average Bonchev–Trinajstić information content (AvgIpc) is 2.75. The first kappa shape index (κ1) is 14.4. The van der Waals surface area contributed by atoms with Crippen LogP contribution >= 0.6 is 11.5 Å². The maximum absolute atomic E-state index is 5.86. The molecule has 0 amide bonds. The molecule has 108 valence electrons. The highest BCUT2D eigenvalue weighted by Gasteiger charge is 2.22. The van der Waals surface area contributed by atoms with E-state index in [1.54, 1.807) is 0 Å². The van der Waals surface area contributed by atoms with Gasteiger partial charge in [0.25, 0.3) is 0 Å². The minimum absolute atomic E-state index is 0.511. The molecule has 0 spiro atoms. The molecule has 0 aromatic carbocycles. The highest BCUT2D eigenvalue weighted by molar-refractivity contribution is 7.11. The Bertz CT molecular complexity index is 401. The smallest absolute Gasteiger partial charge is 0.197 e. The number of ether oxygens (including phenoxy) is 1. The largest absolute Gasteiger partial charge is 0.487 e. The Balaban J connectivity index is 1.97. The van der Waals surface area contributed by atoms with E-state index in [4.69, 9.17) is 10.5 Å². The number of hydrogen-bond acceptors (Lipinski definition) is 6. The Labute approximate surface area is 119 Å². The molecule has 0 aliphatic carbocycles. The Hall–Kier alpha value is -1.01. The van der Waals surface area contributed by atoms with Gasteiger partial charge in [-0.15, -0.1) is 0 Å². The third-order valence-corrected chi connectivity index (χ3v) is 4.62. The van der Waals surface area contributed by atoms with Crippen LogP contribution in [-0.4, -0.2) is 49.6 Å². The SMILES string of the molecule is CCOc1c(N)nsc1N(C)CC1CCN(C)CC1. The van der Waals surface area contributed by atoms with Gasteiger partial charge in [0.1, 0.15) is 0 Å². The lowest BCUT2D eigenvalue weighted by atomic mass is 9.97. The van der Waals surface area contributed by atoms with Crippen molar-refractivity contribution in [2.75, 3.05) is 51.0 Å². The topological polar surface area (TPSA) is 54.6 Å². The predicted octanol–water partition coefficient (Wildman–Crippen LogP) is 1.90. The van der Waals surface area contributed by atoms with Crippen LogP contribution in [0.5, 0.6) is 5.75 Å². The van der Waals surface area contributed by atoms with Crippen molar-refractivity contribution in [1.29, 1.82) is 0 Å². The van der Waals surface area contributed by atoms with Gasteiger partial charge >= 0.3 is 0 Å². The van der Waals surface area contributed by atoms with Crippen molar-refractivity contribution in [3.63, 3.8) is 0 Å². The number of rotatable bonds is 5. The Morgan fingerprint density at radius 3 is 2.79 bits per heavy atom. The first-order chi connectivity index (χ1) is 9.11. The summed E-state index contributed by atoms with van der Waals surface area (Å²) in [6.07, 6.45) is 2.53. The van der Waals surface area contributed by atoms with Crippen molar-refractivity contribution in [3.8, 4) is 5.75 Å². The van der Waals surface area contributed by atoms with E-state index in [0.29, 0.717) is 12.4 Å². The molecule has 1 aliphatic heterocycles.